The molecule has 0 saturated carbocycles. The minimum Gasteiger partial charge on any atom is -0.381 e. The van der Waals surface area contributed by atoms with Gasteiger partial charge in [-0.15, -0.1) is 11.8 Å². The van der Waals surface area contributed by atoms with Crippen molar-refractivity contribution in [3.8, 4) is 0 Å². The molecule has 0 amide bonds. The number of nitrogens with one attached hydrogen (secondary N) is 1. The van der Waals surface area contributed by atoms with Crippen molar-refractivity contribution in [3.63, 3.8) is 0 Å². The highest BCUT2D eigenvalue weighted by molar-refractivity contribution is 7.99. The Morgan fingerprint density at radius 3 is 3.06 bits per heavy atom. The Kier molecular flexibility index (Phi) is 4.91. The van der Waals surface area contributed by atoms with Crippen LogP contribution in [0.4, 0.5) is 5.69 Å². The second kappa shape index (κ2) is 6.45. The minimum atomic E-state index is 0.664. The topological polar surface area (TPSA) is 12.0 Å². The van der Waals surface area contributed by atoms with E-state index in [1.54, 1.807) is 0 Å². The molecular weight excluding hydrogens is 234 g/mol. The van der Waals surface area contributed by atoms with Gasteiger partial charge in [0.15, 0.2) is 0 Å². The summed E-state index contributed by atoms with van der Waals surface area (Å²) in [7, 11) is 0. The molecule has 1 aliphatic heterocycles. The zero-order chi connectivity index (χ0) is 11.2. The van der Waals surface area contributed by atoms with Crippen LogP contribution >= 0.6 is 23.5 Å². The van der Waals surface area contributed by atoms with Crippen LogP contribution in [0.5, 0.6) is 0 Å². The van der Waals surface area contributed by atoms with E-state index in [2.05, 4.69) is 48.3 Å². The summed E-state index contributed by atoms with van der Waals surface area (Å²) in [6, 6.07) is 9.33. The van der Waals surface area contributed by atoms with Crippen LogP contribution in [0.3, 0.4) is 0 Å². The first-order valence-corrected chi connectivity index (χ1v) is 8.10. The molecule has 0 spiro atoms. The van der Waals surface area contributed by atoms with Gasteiger partial charge < -0.3 is 5.32 Å². The van der Waals surface area contributed by atoms with Gasteiger partial charge >= 0.3 is 0 Å². The van der Waals surface area contributed by atoms with E-state index in [1.165, 1.54) is 34.9 Å². The molecule has 1 aromatic rings. The van der Waals surface area contributed by atoms with Crippen molar-refractivity contribution in [3.05, 3.63) is 24.3 Å². The molecule has 0 bridgehead atoms. The Morgan fingerprint density at radius 1 is 1.44 bits per heavy atom. The molecule has 0 radical (unpaired) electrons. The van der Waals surface area contributed by atoms with Crippen molar-refractivity contribution in [1.29, 1.82) is 0 Å². The van der Waals surface area contributed by atoms with E-state index in [4.69, 9.17) is 0 Å². The SMILES string of the molecule is CCSc1ccccc1NC1CCCSC1. The number of anilines is 1. The van der Waals surface area contributed by atoms with Crippen LogP contribution in [0.15, 0.2) is 29.2 Å². The van der Waals surface area contributed by atoms with Crippen molar-refractivity contribution in [2.24, 2.45) is 0 Å². The van der Waals surface area contributed by atoms with E-state index in [0.29, 0.717) is 6.04 Å². The third-order valence-electron chi connectivity index (χ3n) is 2.71. The van der Waals surface area contributed by atoms with Crippen LogP contribution in [0.2, 0.25) is 0 Å². The number of hydrogen-bond donors (Lipinski definition) is 1. The lowest BCUT2D eigenvalue weighted by molar-refractivity contribution is 0.683. The second-order valence-corrected chi connectivity index (χ2v) is 6.44. The average Bonchev–Trinajstić information content (AvgIpc) is 2.33. The van der Waals surface area contributed by atoms with Gasteiger partial charge in [0.2, 0.25) is 0 Å². The summed E-state index contributed by atoms with van der Waals surface area (Å²) in [5.74, 6) is 3.73. The summed E-state index contributed by atoms with van der Waals surface area (Å²) in [4.78, 5) is 1.39. The highest BCUT2D eigenvalue weighted by Crippen LogP contribution is 2.29. The molecule has 1 N–H and O–H groups in total. The van der Waals surface area contributed by atoms with Gasteiger partial charge in [-0.1, -0.05) is 19.1 Å². The van der Waals surface area contributed by atoms with E-state index >= 15 is 0 Å². The van der Waals surface area contributed by atoms with Gasteiger partial charge in [-0.05, 0) is 36.5 Å². The highest BCUT2D eigenvalue weighted by Gasteiger charge is 2.14. The van der Waals surface area contributed by atoms with Crippen molar-refractivity contribution >= 4 is 29.2 Å². The van der Waals surface area contributed by atoms with Gasteiger partial charge in [-0.2, -0.15) is 11.8 Å². The minimum absolute atomic E-state index is 0.664. The van der Waals surface area contributed by atoms with Gasteiger partial charge in [0, 0.05) is 22.4 Å². The van der Waals surface area contributed by atoms with Gasteiger partial charge in [0.1, 0.15) is 0 Å². The molecule has 1 aromatic carbocycles. The van der Waals surface area contributed by atoms with Gasteiger partial charge in [-0.3, -0.25) is 0 Å². The first-order chi connectivity index (χ1) is 7.90. The van der Waals surface area contributed by atoms with E-state index in [-0.39, 0.29) is 0 Å². The highest BCUT2D eigenvalue weighted by atomic mass is 32.2. The maximum atomic E-state index is 3.69. The van der Waals surface area contributed by atoms with E-state index in [9.17, 15) is 0 Å². The smallest absolute Gasteiger partial charge is 0.0480 e. The van der Waals surface area contributed by atoms with Crippen LogP contribution in [0.25, 0.3) is 0 Å². The molecule has 1 fully saturated rings. The quantitative estimate of drug-likeness (QED) is 0.811. The van der Waals surface area contributed by atoms with Crippen LogP contribution < -0.4 is 5.32 Å². The Balaban J connectivity index is 2.01. The summed E-state index contributed by atoms with van der Waals surface area (Å²) < 4.78 is 0. The van der Waals surface area contributed by atoms with Gasteiger partial charge in [0.25, 0.3) is 0 Å². The molecular formula is C13H19NS2. The number of rotatable bonds is 4. The number of thioether (sulfide) groups is 2. The summed E-state index contributed by atoms with van der Waals surface area (Å²) in [5.41, 5.74) is 1.32. The molecule has 1 unspecified atom stereocenters. The normalized spacial score (nSPS) is 20.7. The molecule has 1 atom stereocenters. The molecule has 88 valence electrons. The lowest BCUT2D eigenvalue weighted by Crippen LogP contribution is -2.25. The molecule has 2 rings (SSSR count). The summed E-state index contributed by atoms with van der Waals surface area (Å²) in [6.07, 6.45) is 2.67. The van der Waals surface area contributed by atoms with Crippen LogP contribution in [-0.4, -0.2) is 23.3 Å². The van der Waals surface area contributed by atoms with Crippen molar-refractivity contribution in [2.75, 3.05) is 22.6 Å². The molecule has 0 aliphatic carbocycles. The number of hydrogen-bond acceptors (Lipinski definition) is 3. The summed E-state index contributed by atoms with van der Waals surface area (Å²) in [6.45, 7) is 2.21. The largest absolute Gasteiger partial charge is 0.381 e. The summed E-state index contributed by atoms with van der Waals surface area (Å²) in [5, 5.41) is 3.69. The van der Waals surface area contributed by atoms with Crippen molar-refractivity contribution < 1.29 is 0 Å². The van der Waals surface area contributed by atoms with Crippen molar-refractivity contribution in [1.82, 2.24) is 0 Å². The van der Waals surface area contributed by atoms with E-state index in [1.807, 2.05) is 11.8 Å². The Hall–Kier alpha value is -0.280. The van der Waals surface area contributed by atoms with E-state index < -0.39 is 0 Å². The van der Waals surface area contributed by atoms with Gasteiger partial charge in [-0.25, -0.2) is 0 Å². The third kappa shape index (κ3) is 3.36. The van der Waals surface area contributed by atoms with Crippen molar-refractivity contribution in [2.45, 2.75) is 30.7 Å². The molecule has 1 heterocycles. The molecule has 16 heavy (non-hydrogen) atoms. The standard InChI is InChI=1S/C13H19NS2/c1-2-16-13-8-4-3-7-12(13)14-11-6-5-9-15-10-11/h3-4,7-8,11,14H,2,5-6,9-10H2,1H3. The predicted octanol–water partition coefficient (Wildman–Crippen LogP) is 4.11. The molecule has 1 nitrogen and oxygen atoms in total. The maximum Gasteiger partial charge on any atom is 0.0480 e. The van der Waals surface area contributed by atoms with E-state index in [0.717, 1.165) is 5.75 Å². The number of benzene rings is 1. The predicted molar refractivity (Wildman–Crippen MR) is 76.8 cm³/mol. The average molecular weight is 253 g/mol. The third-order valence-corrected chi connectivity index (χ3v) is 4.88. The fourth-order valence-electron chi connectivity index (χ4n) is 1.94. The zero-order valence-electron chi connectivity index (χ0n) is 9.74. The first kappa shape index (κ1) is 12.2. The second-order valence-electron chi connectivity index (χ2n) is 3.99. The van der Waals surface area contributed by atoms with Crippen LogP contribution in [-0.2, 0) is 0 Å². The monoisotopic (exact) mass is 253 g/mol. The van der Waals surface area contributed by atoms with Gasteiger partial charge in [0.05, 0.1) is 0 Å². The van der Waals surface area contributed by atoms with Crippen LogP contribution in [0, 0.1) is 0 Å². The Bertz CT molecular complexity index is 321. The fourth-order valence-corrected chi connectivity index (χ4v) is 3.78. The first-order valence-electron chi connectivity index (χ1n) is 5.96. The maximum absolute atomic E-state index is 3.69. The molecule has 1 aliphatic rings. The fraction of sp³-hybridized carbons (Fsp3) is 0.538. The Labute approximate surface area is 107 Å². The Morgan fingerprint density at radius 2 is 2.31 bits per heavy atom. The zero-order valence-corrected chi connectivity index (χ0v) is 11.4. The van der Waals surface area contributed by atoms with Crippen LogP contribution in [0.1, 0.15) is 19.8 Å². The molecule has 3 heteroatoms. The number of para-hydroxylation sites is 1. The molecule has 0 aromatic heterocycles. The summed E-state index contributed by atoms with van der Waals surface area (Å²) >= 11 is 3.99. The lowest BCUT2D eigenvalue weighted by atomic mass is 10.1. The lowest BCUT2D eigenvalue weighted by Gasteiger charge is -2.24. The molecule has 1 saturated heterocycles.